The molecular weight excluding hydrogens is 118 g/mol. The summed E-state index contributed by atoms with van der Waals surface area (Å²) in [7, 11) is 0. The van der Waals surface area contributed by atoms with Gasteiger partial charge >= 0.3 is 11.4 Å². The predicted octanol–water partition coefficient (Wildman–Crippen LogP) is -0.556. The smallest absolute Gasteiger partial charge is 0.303 e. The summed E-state index contributed by atoms with van der Waals surface area (Å²) in [6.07, 6.45) is -0.675. The molecule has 0 aromatic rings. The Morgan fingerprint density at radius 3 is 2.43 bits per heavy atom. The van der Waals surface area contributed by atoms with Crippen LogP contribution in [0.1, 0.15) is 6.92 Å². The van der Waals surface area contributed by atoms with Gasteiger partial charge in [-0.25, -0.2) is 0 Å². The van der Waals surface area contributed by atoms with Crippen LogP contribution in [0.4, 0.5) is 0 Å². The van der Waals surface area contributed by atoms with Crippen LogP contribution in [-0.4, -0.2) is 15.0 Å². The molecule has 2 atom stereocenters. The van der Waals surface area contributed by atoms with Crippen LogP contribution < -0.4 is 5.73 Å². The summed E-state index contributed by atoms with van der Waals surface area (Å²) in [6, 6.07) is 0. The van der Waals surface area contributed by atoms with Crippen molar-refractivity contribution in [2.75, 3.05) is 0 Å². The molecule has 0 spiro atoms. The van der Waals surface area contributed by atoms with E-state index in [1.54, 1.807) is 0 Å². The maximum absolute atomic E-state index is 9.62. The Bertz CT molecular complexity index is 73.3. The maximum Gasteiger partial charge on any atom is 0.303 e. The zero-order chi connectivity index (χ0) is 5.86. The lowest BCUT2D eigenvalue weighted by atomic mass is 10.7. The average molecular weight is 125 g/mol. The highest BCUT2D eigenvalue weighted by molar-refractivity contribution is 7.74. The van der Waals surface area contributed by atoms with E-state index in [-0.39, 0.29) is 0 Å². The fourth-order valence-electron chi connectivity index (χ4n) is 0.130. The summed E-state index contributed by atoms with van der Waals surface area (Å²) in [5.74, 6) is 0. The van der Waals surface area contributed by atoms with E-state index in [4.69, 9.17) is 10.3 Å². The predicted molar refractivity (Wildman–Crippen MR) is 25.5 cm³/mol. The molecule has 2 unspecified atom stereocenters. The van der Waals surface area contributed by atoms with E-state index in [9.17, 15) is 4.21 Å². The van der Waals surface area contributed by atoms with Gasteiger partial charge in [-0.05, 0) is 6.92 Å². The van der Waals surface area contributed by atoms with Gasteiger partial charge in [-0.2, -0.15) is 4.21 Å². The first-order valence-corrected chi connectivity index (χ1v) is 2.69. The maximum atomic E-state index is 9.62. The van der Waals surface area contributed by atoms with Crippen LogP contribution in [0.15, 0.2) is 0 Å². The molecule has 0 rings (SSSR count). The highest BCUT2D eigenvalue weighted by atomic mass is 32.2. The van der Waals surface area contributed by atoms with E-state index in [0.29, 0.717) is 0 Å². The molecule has 0 saturated heterocycles. The van der Waals surface area contributed by atoms with Crippen molar-refractivity contribution < 1.29 is 12.9 Å². The lowest BCUT2D eigenvalue weighted by molar-refractivity contribution is 0.230. The van der Waals surface area contributed by atoms with Crippen molar-refractivity contribution in [3.8, 4) is 0 Å². The molecule has 0 radical (unpaired) electrons. The largest absolute Gasteiger partial charge is 0.305 e. The van der Waals surface area contributed by atoms with Crippen LogP contribution in [0.2, 0.25) is 0 Å². The van der Waals surface area contributed by atoms with E-state index in [2.05, 4.69) is 4.18 Å². The third-order valence-corrected chi connectivity index (χ3v) is 0.702. The lowest BCUT2D eigenvalue weighted by Gasteiger charge is -1.97. The minimum absolute atomic E-state index is 0.675. The Morgan fingerprint density at radius 2 is 2.43 bits per heavy atom. The first-order valence-electron chi connectivity index (χ1n) is 1.66. The zero-order valence-corrected chi connectivity index (χ0v) is 4.64. The van der Waals surface area contributed by atoms with Gasteiger partial charge in [0, 0.05) is 0 Å². The van der Waals surface area contributed by atoms with E-state index in [1.165, 1.54) is 6.92 Å². The second-order valence-corrected chi connectivity index (χ2v) is 1.65. The summed E-state index contributed by atoms with van der Waals surface area (Å²) in [4.78, 5) is 0. The minimum atomic E-state index is -2.22. The molecule has 5 heteroatoms. The van der Waals surface area contributed by atoms with Gasteiger partial charge in [0.15, 0.2) is 0 Å². The molecular formula is C2H7NO3S. The molecule has 0 amide bonds. The van der Waals surface area contributed by atoms with Crippen molar-refractivity contribution in [3.63, 3.8) is 0 Å². The molecule has 4 nitrogen and oxygen atoms in total. The van der Waals surface area contributed by atoms with E-state index < -0.39 is 17.6 Å². The third kappa shape index (κ3) is 6.03. The third-order valence-electron chi connectivity index (χ3n) is 0.234. The number of hydrogen-bond donors (Lipinski definition) is 2. The molecule has 44 valence electrons. The Hall–Kier alpha value is 0.0300. The van der Waals surface area contributed by atoms with Crippen molar-refractivity contribution in [3.05, 3.63) is 0 Å². The Balaban J connectivity index is 3.13. The number of hydrogen-bond acceptors (Lipinski definition) is 3. The normalized spacial score (nSPS) is 18.7. The van der Waals surface area contributed by atoms with Crippen LogP contribution in [0.25, 0.3) is 0 Å². The molecule has 0 heterocycles. The first-order chi connectivity index (χ1) is 3.13. The van der Waals surface area contributed by atoms with Gasteiger partial charge in [0.2, 0.25) is 0 Å². The SMILES string of the molecule is CC(N)OS(=O)O. The van der Waals surface area contributed by atoms with Gasteiger partial charge < -0.3 is 5.73 Å². The molecule has 0 aliphatic heterocycles. The highest BCUT2D eigenvalue weighted by Gasteiger charge is 1.95. The quantitative estimate of drug-likeness (QED) is 0.383. The van der Waals surface area contributed by atoms with Crippen LogP contribution in [0.5, 0.6) is 0 Å². The standard InChI is InChI=1S/C2H7NO3S/c1-2(3)6-7(4)5/h2H,3H2,1H3,(H,4,5). The number of nitrogens with two attached hydrogens (primary N) is 1. The van der Waals surface area contributed by atoms with E-state index in [1.807, 2.05) is 0 Å². The van der Waals surface area contributed by atoms with Gasteiger partial charge in [-0.15, -0.1) is 0 Å². The summed E-state index contributed by atoms with van der Waals surface area (Å²) in [5.41, 5.74) is 4.92. The Morgan fingerprint density at radius 1 is 2.00 bits per heavy atom. The number of rotatable bonds is 2. The van der Waals surface area contributed by atoms with Gasteiger partial charge in [-0.3, -0.25) is 8.74 Å². The van der Waals surface area contributed by atoms with Crippen LogP contribution >= 0.6 is 0 Å². The monoisotopic (exact) mass is 125 g/mol. The van der Waals surface area contributed by atoms with E-state index >= 15 is 0 Å². The van der Waals surface area contributed by atoms with Crippen molar-refractivity contribution in [2.45, 2.75) is 13.2 Å². The van der Waals surface area contributed by atoms with Crippen LogP contribution in [0, 0.1) is 0 Å². The minimum Gasteiger partial charge on any atom is -0.305 e. The molecule has 0 aliphatic carbocycles. The van der Waals surface area contributed by atoms with Gasteiger partial charge in [0.25, 0.3) is 0 Å². The molecule has 0 fully saturated rings. The second kappa shape index (κ2) is 3.09. The average Bonchev–Trinajstić information content (AvgIpc) is 1.27. The molecule has 7 heavy (non-hydrogen) atoms. The summed E-state index contributed by atoms with van der Waals surface area (Å²) in [5, 5.41) is 0. The molecule has 0 aromatic heterocycles. The van der Waals surface area contributed by atoms with Crippen molar-refractivity contribution >= 4 is 11.4 Å². The Labute approximate surface area is 44.1 Å². The summed E-state index contributed by atoms with van der Waals surface area (Å²) < 4.78 is 21.6. The van der Waals surface area contributed by atoms with E-state index in [0.717, 1.165) is 0 Å². The van der Waals surface area contributed by atoms with Crippen molar-refractivity contribution in [1.82, 2.24) is 0 Å². The van der Waals surface area contributed by atoms with Gasteiger partial charge in [0.05, 0.1) is 0 Å². The summed E-state index contributed by atoms with van der Waals surface area (Å²) >= 11 is -2.22. The lowest BCUT2D eigenvalue weighted by Crippen LogP contribution is -2.19. The molecule has 3 N–H and O–H groups in total. The Kier molecular flexibility index (Phi) is 3.10. The van der Waals surface area contributed by atoms with Gasteiger partial charge in [0.1, 0.15) is 6.23 Å². The topological polar surface area (TPSA) is 72.5 Å². The summed E-state index contributed by atoms with van der Waals surface area (Å²) in [6.45, 7) is 1.47. The fraction of sp³-hybridized carbons (Fsp3) is 1.00. The van der Waals surface area contributed by atoms with Crippen molar-refractivity contribution in [2.24, 2.45) is 5.73 Å². The molecule has 0 bridgehead atoms. The van der Waals surface area contributed by atoms with Crippen LogP contribution in [0.3, 0.4) is 0 Å². The molecule has 0 saturated carbocycles. The highest BCUT2D eigenvalue weighted by Crippen LogP contribution is 1.80. The van der Waals surface area contributed by atoms with Crippen LogP contribution in [-0.2, 0) is 15.5 Å². The fourth-order valence-corrected chi connectivity index (χ4v) is 0.390. The second-order valence-electron chi connectivity index (χ2n) is 1.02. The van der Waals surface area contributed by atoms with Gasteiger partial charge in [-0.1, -0.05) is 0 Å². The van der Waals surface area contributed by atoms with Crippen molar-refractivity contribution in [1.29, 1.82) is 0 Å². The zero-order valence-electron chi connectivity index (χ0n) is 3.83. The first kappa shape index (κ1) is 7.03. The molecule has 0 aliphatic rings. The molecule has 0 aromatic carbocycles.